The van der Waals surface area contributed by atoms with Crippen LogP contribution in [0.3, 0.4) is 0 Å². The van der Waals surface area contributed by atoms with E-state index in [9.17, 15) is 9.59 Å². The van der Waals surface area contributed by atoms with Gasteiger partial charge in [0, 0.05) is 18.6 Å². The van der Waals surface area contributed by atoms with Gasteiger partial charge in [0.05, 0.1) is 18.2 Å². The van der Waals surface area contributed by atoms with Crippen molar-refractivity contribution in [2.45, 2.75) is 96.2 Å². The summed E-state index contributed by atoms with van der Waals surface area (Å²) in [5.41, 5.74) is 0.0269. The molecule has 7 heteroatoms. The molecule has 1 aromatic carbocycles. The van der Waals surface area contributed by atoms with Crippen LogP contribution in [0.25, 0.3) is 0 Å². The van der Waals surface area contributed by atoms with Crippen molar-refractivity contribution in [2.24, 2.45) is 11.8 Å². The molecule has 0 bridgehead atoms. The third-order valence-electron chi connectivity index (χ3n) is 6.94. The van der Waals surface area contributed by atoms with Crippen LogP contribution in [0.5, 0.6) is 0 Å². The molecule has 3 rings (SSSR count). The molecule has 2 fully saturated rings. The van der Waals surface area contributed by atoms with Crippen molar-refractivity contribution < 1.29 is 19.1 Å². The molecule has 2 radical (unpaired) electrons. The zero-order valence-electron chi connectivity index (χ0n) is 21.0. The molecule has 0 spiro atoms. The van der Waals surface area contributed by atoms with Gasteiger partial charge in [-0.15, -0.1) is 0 Å². The summed E-state index contributed by atoms with van der Waals surface area (Å²) in [5.74, 6) is -0.408. The molecular weight excluding hydrogens is 415 g/mol. The SMILES string of the molecule is [B]C(=O)N1[C@@H](Cc2ccccc2)[C@@H](CC2CC(OC)CCC2C(=O)NC(C)(C)C)OC1(C)C. The van der Waals surface area contributed by atoms with Gasteiger partial charge in [0.15, 0.2) is 5.81 Å². The molecule has 2 aliphatic rings. The molecule has 1 saturated heterocycles. The fourth-order valence-electron chi connectivity index (χ4n) is 5.59. The molecule has 1 saturated carbocycles. The van der Waals surface area contributed by atoms with Gasteiger partial charge in [-0.05, 0) is 78.2 Å². The Hall–Kier alpha value is -1.86. The van der Waals surface area contributed by atoms with Crippen LogP contribution in [0.15, 0.2) is 30.3 Å². The lowest BCUT2D eigenvalue weighted by Crippen LogP contribution is -2.50. The summed E-state index contributed by atoms with van der Waals surface area (Å²) in [6.07, 6.45) is 3.68. The number of carbonyl (C=O) groups is 2. The van der Waals surface area contributed by atoms with E-state index in [-0.39, 0.29) is 41.5 Å². The molecule has 1 heterocycles. The average molecular weight is 454 g/mol. The van der Waals surface area contributed by atoms with E-state index in [1.807, 2.05) is 52.8 Å². The number of ether oxygens (including phenoxy) is 2. The molecule has 33 heavy (non-hydrogen) atoms. The number of benzene rings is 1. The highest BCUT2D eigenvalue weighted by molar-refractivity contribution is 6.57. The first-order valence-electron chi connectivity index (χ1n) is 12.1. The van der Waals surface area contributed by atoms with Gasteiger partial charge >= 0.3 is 0 Å². The maximum Gasteiger partial charge on any atom is 0.223 e. The molecule has 2 amide bonds. The monoisotopic (exact) mass is 454 g/mol. The maximum absolute atomic E-state index is 13.2. The van der Waals surface area contributed by atoms with Crippen molar-refractivity contribution in [3.63, 3.8) is 0 Å². The largest absolute Gasteiger partial charge is 0.381 e. The summed E-state index contributed by atoms with van der Waals surface area (Å²) in [6, 6.07) is 9.89. The zero-order valence-corrected chi connectivity index (χ0v) is 21.0. The number of hydrogen-bond donors (Lipinski definition) is 1. The third-order valence-corrected chi connectivity index (χ3v) is 6.94. The lowest BCUT2D eigenvalue weighted by molar-refractivity contribution is -0.132. The van der Waals surface area contributed by atoms with Crippen molar-refractivity contribution in [3.05, 3.63) is 35.9 Å². The Balaban J connectivity index is 1.86. The molecular formula is C26H39BN2O4. The molecule has 1 N–H and O–H groups in total. The Bertz CT molecular complexity index is 823. The van der Waals surface area contributed by atoms with Gasteiger partial charge in [-0.3, -0.25) is 9.59 Å². The van der Waals surface area contributed by atoms with Gasteiger partial charge in [-0.1, -0.05) is 30.3 Å². The lowest BCUT2D eigenvalue weighted by atomic mass is 9.73. The van der Waals surface area contributed by atoms with E-state index in [1.54, 1.807) is 12.0 Å². The molecule has 1 aliphatic carbocycles. The van der Waals surface area contributed by atoms with Gasteiger partial charge in [-0.25, -0.2) is 0 Å². The summed E-state index contributed by atoms with van der Waals surface area (Å²) < 4.78 is 12.1. The molecule has 0 aromatic heterocycles. The number of methoxy groups -OCH3 is 1. The average Bonchev–Trinajstić information content (AvgIpc) is 2.96. The van der Waals surface area contributed by atoms with E-state index in [1.165, 1.54) is 0 Å². The van der Waals surface area contributed by atoms with E-state index < -0.39 is 11.5 Å². The van der Waals surface area contributed by atoms with E-state index in [2.05, 4.69) is 17.4 Å². The van der Waals surface area contributed by atoms with Gasteiger partial charge < -0.3 is 19.7 Å². The Labute approximate surface area is 200 Å². The number of amides is 2. The van der Waals surface area contributed by atoms with Crippen molar-refractivity contribution in [1.82, 2.24) is 10.2 Å². The summed E-state index contributed by atoms with van der Waals surface area (Å²) >= 11 is 0. The summed E-state index contributed by atoms with van der Waals surface area (Å²) in [5, 5.41) is 3.17. The highest BCUT2D eigenvalue weighted by Gasteiger charge is 2.50. The highest BCUT2D eigenvalue weighted by atomic mass is 16.5. The summed E-state index contributed by atoms with van der Waals surface area (Å²) in [6.45, 7) is 9.79. The fourth-order valence-corrected chi connectivity index (χ4v) is 5.59. The van der Waals surface area contributed by atoms with E-state index in [0.29, 0.717) is 12.8 Å². The van der Waals surface area contributed by atoms with Crippen LogP contribution in [0.1, 0.15) is 65.9 Å². The first-order valence-corrected chi connectivity index (χ1v) is 12.1. The predicted molar refractivity (Wildman–Crippen MR) is 130 cm³/mol. The maximum atomic E-state index is 13.2. The number of rotatable bonds is 6. The van der Waals surface area contributed by atoms with Gasteiger partial charge in [0.2, 0.25) is 13.8 Å². The summed E-state index contributed by atoms with van der Waals surface area (Å²) in [4.78, 5) is 27.3. The molecule has 1 aliphatic heterocycles. The predicted octanol–water partition coefficient (Wildman–Crippen LogP) is 4.06. The van der Waals surface area contributed by atoms with Crippen LogP contribution < -0.4 is 5.32 Å². The molecule has 6 nitrogen and oxygen atoms in total. The fraction of sp³-hybridized carbons (Fsp3) is 0.692. The molecule has 180 valence electrons. The van der Waals surface area contributed by atoms with E-state index in [0.717, 1.165) is 24.8 Å². The highest BCUT2D eigenvalue weighted by Crippen LogP contribution is 2.41. The second-order valence-electron chi connectivity index (χ2n) is 11.1. The van der Waals surface area contributed by atoms with Crippen LogP contribution in [0, 0.1) is 11.8 Å². The minimum Gasteiger partial charge on any atom is -0.381 e. The van der Waals surface area contributed by atoms with E-state index >= 15 is 0 Å². The van der Waals surface area contributed by atoms with Crippen molar-refractivity contribution >= 4 is 19.6 Å². The topological polar surface area (TPSA) is 67.9 Å². The number of nitrogens with one attached hydrogen (secondary N) is 1. The quantitative estimate of drug-likeness (QED) is 0.659. The molecule has 3 unspecified atom stereocenters. The Morgan fingerprint density at radius 3 is 2.45 bits per heavy atom. The standard InChI is InChI=1S/C26H39BN2O4/c1-25(2,3)28-23(30)20-13-12-19(32-6)15-18(20)16-22-21(14-17-10-8-7-9-11-17)29(24(27)31)26(4,5)33-22/h7-11,18-22H,12-16H2,1-6H3,(H,28,30)/t18?,19?,20?,21-,22+/m0/s1. The second kappa shape index (κ2) is 10.2. The van der Waals surface area contributed by atoms with Gasteiger partial charge in [0.1, 0.15) is 5.72 Å². The first-order chi connectivity index (χ1) is 15.4. The minimum atomic E-state index is -0.811. The van der Waals surface area contributed by atoms with Crippen LogP contribution >= 0.6 is 0 Å². The van der Waals surface area contributed by atoms with Crippen LogP contribution in [-0.4, -0.2) is 61.1 Å². The van der Waals surface area contributed by atoms with Crippen molar-refractivity contribution in [1.29, 1.82) is 0 Å². The lowest BCUT2D eigenvalue weighted by Gasteiger charge is -2.38. The normalized spacial score (nSPS) is 29.6. The number of hydrogen-bond acceptors (Lipinski definition) is 4. The minimum absolute atomic E-state index is 0.0886. The van der Waals surface area contributed by atoms with Crippen LogP contribution in [0.2, 0.25) is 0 Å². The second-order valence-corrected chi connectivity index (χ2v) is 11.1. The number of carbonyl (C=O) groups excluding carboxylic acids is 2. The van der Waals surface area contributed by atoms with Gasteiger partial charge in [0.25, 0.3) is 0 Å². The van der Waals surface area contributed by atoms with Crippen molar-refractivity contribution in [3.8, 4) is 0 Å². The smallest absolute Gasteiger partial charge is 0.223 e. The Kier molecular flexibility index (Phi) is 7.95. The van der Waals surface area contributed by atoms with Crippen molar-refractivity contribution in [2.75, 3.05) is 7.11 Å². The van der Waals surface area contributed by atoms with Crippen LogP contribution in [-0.2, 0) is 20.7 Å². The van der Waals surface area contributed by atoms with Gasteiger partial charge in [-0.2, -0.15) is 0 Å². The third kappa shape index (κ3) is 6.39. The Morgan fingerprint density at radius 1 is 1.21 bits per heavy atom. The molecule has 5 atom stereocenters. The first kappa shape index (κ1) is 25.8. The number of nitrogens with zero attached hydrogens (tertiary/aromatic N) is 1. The Morgan fingerprint density at radius 2 is 1.88 bits per heavy atom. The summed E-state index contributed by atoms with van der Waals surface area (Å²) in [7, 11) is 7.56. The zero-order chi connectivity index (χ0) is 24.4. The van der Waals surface area contributed by atoms with E-state index in [4.69, 9.17) is 17.3 Å². The van der Waals surface area contributed by atoms with Crippen LogP contribution in [0.4, 0.5) is 4.79 Å². The molecule has 1 aromatic rings.